The number of carbonyl (C=O) groups is 1. The van der Waals surface area contributed by atoms with E-state index in [0.29, 0.717) is 5.56 Å². The largest absolute Gasteiger partial charge is 0.333 e. The summed E-state index contributed by atoms with van der Waals surface area (Å²) in [7, 11) is 0. The molecule has 1 aromatic heterocycles. The van der Waals surface area contributed by atoms with Crippen molar-refractivity contribution in [2.75, 3.05) is 0 Å². The first-order chi connectivity index (χ1) is 14.8. The molecule has 1 aliphatic rings. The second-order valence-corrected chi connectivity index (χ2v) is 8.17. The van der Waals surface area contributed by atoms with Gasteiger partial charge < -0.3 is 4.98 Å². The lowest BCUT2D eigenvalue weighted by molar-refractivity contribution is 0.0955. The normalized spacial score (nSPS) is 14.2. The molecule has 5 nitrogen and oxygen atoms in total. The Labute approximate surface area is 178 Å². The number of rotatable bonds is 5. The molecule has 0 atom stereocenters. The van der Waals surface area contributed by atoms with E-state index in [0.717, 1.165) is 51.6 Å². The number of fused-ring (bicyclic) bond motifs is 2. The first-order valence-electron chi connectivity index (χ1n) is 9.88. The lowest BCUT2D eigenvalue weighted by atomic mass is 10.1. The van der Waals surface area contributed by atoms with Crippen molar-refractivity contribution in [3.63, 3.8) is 0 Å². The van der Waals surface area contributed by atoms with Crippen LogP contribution in [0.1, 0.15) is 33.5 Å². The standard InChI is InChI=1S/C24H20N4OS/c29-23(28-27-20-14-13-17-5-1-2-6-19(17)20)18-11-9-16(10-12-18)15-30-24-25-21-7-3-4-8-22(21)26-24/h1-12H,13-15H2,(H,25,26)(H,28,29). The Kier molecular flexibility index (Phi) is 5.07. The summed E-state index contributed by atoms with van der Waals surface area (Å²) in [6, 6.07) is 23.8. The summed E-state index contributed by atoms with van der Waals surface area (Å²) >= 11 is 1.64. The number of para-hydroxylation sites is 2. The van der Waals surface area contributed by atoms with E-state index in [1.54, 1.807) is 11.8 Å². The van der Waals surface area contributed by atoms with Crippen molar-refractivity contribution < 1.29 is 4.79 Å². The van der Waals surface area contributed by atoms with Crippen LogP contribution in [0.5, 0.6) is 0 Å². The van der Waals surface area contributed by atoms with Crippen molar-refractivity contribution in [2.45, 2.75) is 23.8 Å². The lowest BCUT2D eigenvalue weighted by Gasteiger charge is -2.04. The highest BCUT2D eigenvalue weighted by atomic mass is 32.2. The van der Waals surface area contributed by atoms with Gasteiger partial charge in [-0.15, -0.1) is 0 Å². The zero-order valence-corrected chi connectivity index (χ0v) is 17.1. The average Bonchev–Trinajstić information content (AvgIpc) is 3.40. The monoisotopic (exact) mass is 412 g/mol. The van der Waals surface area contributed by atoms with Crippen LogP contribution < -0.4 is 5.43 Å². The molecule has 1 amide bonds. The Balaban J connectivity index is 1.20. The molecule has 30 heavy (non-hydrogen) atoms. The highest BCUT2D eigenvalue weighted by molar-refractivity contribution is 7.98. The molecular formula is C24H20N4OS. The fourth-order valence-electron chi connectivity index (χ4n) is 3.61. The minimum atomic E-state index is -0.191. The van der Waals surface area contributed by atoms with Crippen molar-refractivity contribution >= 4 is 34.4 Å². The topological polar surface area (TPSA) is 70.1 Å². The van der Waals surface area contributed by atoms with Gasteiger partial charge in [0.15, 0.2) is 5.16 Å². The number of hydrazone groups is 1. The van der Waals surface area contributed by atoms with Crippen LogP contribution in [0.15, 0.2) is 83.1 Å². The van der Waals surface area contributed by atoms with Crippen LogP contribution in [0.3, 0.4) is 0 Å². The molecule has 0 fully saturated rings. The number of aryl methyl sites for hydroxylation is 1. The highest BCUT2D eigenvalue weighted by Gasteiger charge is 2.17. The van der Waals surface area contributed by atoms with Crippen LogP contribution in [0.4, 0.5) is 0 Å². The number of thioether (sulfide) groups is 1. The number of hydrogen-bond donors (Lipinski definition) is 2. The molecule has 5 rings (SSSR count). The second-order valence-electron chi connectivity index (χ2n) is 7.20. The Hall–Kier alpha value is -3.38. The Bertz CT molecular complexity index is 1210. The van der Waals surface area contributed by atoms with Crippen molar-refractivity contribution in [1.82, 2.24) is 15.4 Å². The van der Waals surface area contributed by atoms with Crippen LogP contribution in [0.25, 0.3) is 11.0 Å². The second kappa shape index (κ2) is 8.16. The Morgan fingerprint density at radius 3 is 2.67 bits per heavy atom. The average molecular weight is 413 g/mol. The zero-order valence-electron chi connectivity index (χ0n) is 16.3. The first kappa shape index (κ1) is 18.6. The van der Waals surface area contributed by atoms with Gasteiger partial charge >= 0.3 is 0 Å². The van der Waals surface area contributed by atoms with Crippen molar-refractivity contribution in [3.05, 3.63) is 95.1 Å². The molecule has 4 aromatic rings. The summed E-state index contributed by atoms with van der Waals surface area (Å²) in [6.07, 6.45) is 1.83. The number of aromatic nitrogens is 2. The van der Waals surface area contributed by atoms with Crippen molar-refractivity contribution in [1.29, 1.82) is 0 Å². The van der Waals surface area contributed by atoms with Gasteiger partial charge in [0.1, 0.15) is 0 Å². The molecule has 1 heterocycles. The van der Waals surface area contributed by atoms with Gasteiger partial charge in [-0.25, -0.2) is 10.4 Å². The number of nitrogens with zero attached hydrogens (tertiary/aromatic N) is 2. The van der Waals surface area contributed by atoms with Crippen LogP contribution in [-0.4, -0.2) is 21.6 Å². The van der Waals surface area contributed by atoms with E-state index < -0.39 is 0 Å². The molecular weight excluding hydrogens is 392 g/mol. The van der Waals surface area contributed by atoms with Gasteiger partial charge in [-0.3, -0.25) is 4.79 Å². The number of hydrogen-bond acceptors (Lipinski definition) is 4. The van der Waals surface area contributed by atoms with Gasteiger partial charge in [0, 0.05) is 16.9 Å². The summed E-state index contributed by atoms with van der Waals surface area (Å²) in [4.78, 5) is 20.4. The maximum absolute atomic E-state index is 12.5. The minimum absolute atomic E-state index is 0.191. The number of benzene rings is 3. The van der Waals surface area contributed by atoms with E-state index in [-0.39, 0.29) is 5.91 Å². The molecule has 0 radical (unpaired) electrons. The van der Waals surface area contributed by atoms with Gasteiger partial charge in [-0.05, 0) is 48.2 Å². The maximum atomic E-state index is 12.5. The van der Waals surface area contributed by atoms with Gasteiger partial charge in [0.05, 0.1) is 16.7 Å². The van der Waals surface area contributed by atoms with Crippen LogP contribution >= 0.6 is 11.8 Å². The number of H-pyrrole nitrogens is 1. The zero-order chi connectivity index (χ0) is 20.3. The van der Waals surface area contributed by atoms with Crippen LogP contribution in [0, 0.1) is 0 Å². The summed E-state index contributed by atoms with van der Waals surface area (Å²) in [5.41, 5.74) is 9.81. The number of carbonyl (C=O) groups excluding carboxylic acids is 1. The van der Waals surface area contributed by atoms with E-state index in [1.807, 2.05) is 60.7 Å². The number of imidazole rings is 1. The predicted octanol–water partition coefficient (Wildman–Crippen LogP) is 4.94. The molecule has 0 saturated carbocycles. The van der Waals surface area contributed by atoms with E-state index in [9.17, 15) is 4.79 Å². The molecule has 0 saturated heterocycles. The van der Waals surface area contributed by atoms with Crippen LogP contribution in [-0.2, 0) is 12.2 Å². The lowest BCUT2D eigenvalue weighted by Crippen LogP contribution is -2.19. The summed E-state index contributed by atoms with van der Waals surface area (Å²) in [6.45, 7) is 0. The predicted molar refractivity (Wildman–Crippen MR) is 121 cm³/mol. The number of nitrogens with one attached hydrogen (secondary N) is 2. The molecule has 2 N–H and O–H groups in total. The summed E-state index contributed by atoms with van der Waals surface area (Å²) < 4.78 is 0. The number of aromatic amines is 1. The Morgan fingerprint density at radius 2 is 1.80 bits per heavy atom. The van der Waals surface area contributed by atoms with Crippen molar-refractivity contribution in [3.8, 4) is 0 Å². The first-order valence-corrected chi connectivity index (χ1v) is 10.9. The molecule has 6 heteroatoms. The maximum Gasteiger partial charge on any atom is 0.271 e. The highest BCUT2D eigenvalue weighted by Crippen LogP contribution is 2.24. The van der Waals surface area contributed by atoms with Crippen LogP contribution in [0.2, 0.25) is 0 Å². The van der Waals surface area contributed by atoms with Gasteiger partial charge in [-0.1, -0.05) is 60.3 Å². The van der Waals surface area contributed by atoms with Gasteiger partial charge in [0.25, 0.3) is 5.91 Å². The van der Waals surface area contributed by atoms with Gasteiger partial charge in [-0.2, -0.15) is 5.10 Å². The molecule has 0 unspecified atom stereocenters. The summed E-state index contributed by atoms with van der Waals surface area (Å²) in [5.74, 6) is 0.587. The third kappa shape index (κ3) is 3.86. The third-order valence-electron chi connectivity index (χ3n) is 5.21. The quantitative estimate of drug-likeness (QED) is 0.360. The fourth-order valence-corrected chi connectivity index (χ4v) is 4.45. The summed E-state index contributed by atoms with van der Waals surface area (Å²) in [5, 5.41) is 5.25. The van der Waals surface area contributed by atoms with E-state index >= 15 is 0 Å². The fraction of sp³-hybridized carbons (Fsp3) is 0.125. The number of amides is 1. The van der Waals surface area contributed by atoms with Crippen molar-refractivity contribution in [2.24, 2.45) is 5.10 Å². The van der Waals surface area contributed by atoms with E-state index in [1.165, 1.54) is 5.56 Å². The molecule has 0 spiro atoms. The SMILES string of the molecule is O=C(NN=C1CCc2ccccc21)c1ccc(CSc2nc3ccccc3[nH]2)cc1. The Morgan fingerprint density at radius 1 is 1.00 bits per heavy atom. The molecule has 148 valence electrons. The van der Waals surface area contributed by atoms with E-state index in [2.05, 4.69) is 32.6 Å². The smallest absolute Gasteiger partial charge is 0.271 e. The molecule has 0 aliphatic heterocycles. The molecule has 3 aromatic carbocycles. The minimum Gasteiger partial charge on any atom is -0.333 e. The van der Waals surface area contributed by atoms with E-state index in [4.69, 9.17) is 0 Å². The third-order valence-corrected chi connectivity index (χ3v) is 6.16. The molecule has 1 aliphatic carbocycles. The van der Waals surface area contributed by atoms with Gasteiger partial charge in [0.2, 0.25) is 0 Å². The molecule has 0 bridgehead atoms.